The molecule has 1 N–H and O–H groups in total. The van der Waals surface area contributed by atoms with Crippen molar-refractivity contribution in [3.63, 3.8) is 0 Å². The summed E-state index contributed by atoms with van der Waals surface area (Å²) in [4.78, 5) is 64.9. The summed E-state index contributed by atoms with van der Waals surface area (Å²) in [6, 6.07) is 5.47. The molecule has 0 spiro atoms. The largest absolute Gasteiger partial charge is 0.460 e. The Morgan fingerprint density at radius 1 is 1.00 bits per heavy atom. The highest BCUT2D eigenvalue weighted by Crippen LogP contribution is 2.44. The summed E-state index contributed by atoms with van der Waals surface area (Å²) in [7, 11) is 1.42. The van der Waals surface area contributed by atoms with E-state index in [9.17, 15) is 29.3 Å². The minimum Gasteiger partial charge on any atom is -0.460 e. The van der Waals surface area contributed by atoms with Crippen molar-refractivity contribution in [1.29, 1.82) is 0 Å². The van der Waals surface area contributed by atoms with Crippen molar-refractivity contribution in [2.75, 3.05) is 40.2 Å². The predicted molar refractivity (Wildman–Crippen MR) is 150 cm³/mol. The molecule has 1 unspecified atom stereocenters. The van der Waals surface area contributed by atoms with Gasteiger partial charge in [0.2, 0.25) is 6.79 Å². The molecule has 0 radical (unpaired) electrons. The molecule has 3 rings (SSSR count). The van der Waals surface area contributed by atoms with Gasteiger partial charge in [-0.25, -0.2) is 14.4 Å². The van der Waals surface area contributed by atoms with Gasteiger partial charge in [0.05, 0.1) is 40.6 Å². The quantitative estimate of drug-likeness (QED) is 0.0978. The van der Waals surface area contributed by atoms with Crippen LogP contribution in [0, 0.1) is 16.0 Å². The minimum atomic E-state index is -1.19. The second kappa shape index (κ2) is 15.3. The fraction of sp³-hybridized carbons (Fsp3) is 0.517. The van der Waals surface area contributed by atoms with Crippen molar-refractivity contribution < 1.29 is 47.8 Å². The molecular weight excluding hydrogens is 566 g/mol. The van der Waals surface area contributed by atoms with E-state index in [-0.39, 0.29) is 52.9 Å². The Morgan fingerprint density at radius 2 is 1.65 bits per heavy atom. The number of esters is 3. The van der Waals surface area contributed by atoms with Crippen LogP contribution in [0.15, 0.2) is 46.8 Å². The lowest BCUT2D eigenvalue weighted by molar-refractivity contribution is -0.384. The lowest BCUT2D eigenvalue weighted by atomic mass is 9.79. The Morgan fingerprint density at radius 3 is 2.26 bits per heavy atom. The summed E-state index contributed by atoms with van der Waals surface area (Å²) in [6.07, 6.45) is -0.408. The first-order valence-electron chi connectivity index (χ1n) is 13.8. The zero-order valence-electron chi connectivity index (χ0n) is 24.9. The van der Waals surface area contributed by atoms with E-state index < -0.39 is 47.7 Å². The van der Waals surface area contributed by atoms with Gasteiger partial charge in [0.1, 0.15) is 6.61 Å². The van der Waals surface area contributed by atoms with Crippen LogP contribution in [0.3, 0.4) is 0 Å². The van der Waals surface area contributed by atoms with Gasteiger partial charge in [-0.15, -0.1) is 0 Å². The number of amides is 1. The second-order valence-electron chi connectivity index (χ2n) is 10.2. The molecule has 0 aromatic heterocycles. The molecule has 2 heterocycles. The van der Waals surface area contributed by atoms with Crippen LogP contribution in [0.2, 0.25) is 0 Å². The summed E-state index contributed by atoms with van der Waals surface area (Å²) in [5, 5.41) is 14.7. The van der Waals surface area contributed by atoms with Gasteiger partial charge in [-0.2, -0.15) is 0 Å². The zero-order valence-corrected chi connectivity index (χ0v) is 24.9. The van der Waals surface area contributed by atoms with Crippen LogP contribution in [0.4, 0.5) is 10.5 Å². The summed E-state index contributed by atoms with van der Waals surface area (Å²) in [6.45, 7) is 6.76. The molecule has 1 aromatic carbocycles. The maximum Gasteiger partial charge on any atom is 0.421 e. The Kier molecular flexibility index (Phi) is 11.8. The molecular formula is C29H37N3O11. The van der Waals surface area contributed by atoms with Gasteiger partial charge < -0.3 is 29.0 Å². The summed E-state index contributed by atoms with van der Waals surface area (Å²) >= 11 is 0. The van der Waals surface area contributed by atoms with Crippen LogP contribution in [-0.2, 0) is 38.1 Å². The molecule has 0 saturated carbocycles. The summed E-state index contributed by atoms with van der Waals surface area (Å²) in [5.74, 6) is -3.75. The number of methoxy groups -OCH3 is 1. The second-order valence-corrected chi connectivity index (χ2v) is 10.2. The number of benzene rings is 1. The molecule has 14 nitrogen and oxygen atoms in total. The molecule has 43 heavy (non-hydrogen) atoms. The first kappa shape index (κ1) is 33.2. The van der Waals surface area contributed by atoms with Gasteiger partial charge in [0.25, 0.3) is 5.69 Å². The molecule has 234 valence electrons. The molecule has 2 aliphatic rings. The molecule has 14 heteroatoms. The van der Waals surface area contributed by atoms with Gasteiger partial charge in [0, 0.05) is 30.6 Å². The highest BCUT2D eigenvalue weighted by molar-refractivity contribution is 6.01. The fourth-order valence-corrected chi connectivity index (χ4v) is 4.96. The Hall–Kier alpha value is -4.30. The number of carbonyl (C=O) groups excluding carboxylic acids is 4. The van der Waals surface area contributed by atoms with Crippen molar-refractivity contribution in [2.45, 2.75) is 52.6 Å². The third kappa shape index (κ3) is 8.17. The predicted octanol–water partition coefficient (Wildman–Crippen LogP) is 3.32. The van der Waals surface area contributed by atoms with E-state index in [1.165, 1.54) is 45.2 Å². The molecule has 1 atom stereocenters. The van der Waals surface area contributed by atoms with E-state index in [0.29, 0.717) is 25.9 Å². The number of hydrogen-bond donors (Lipinski definition) is 1. The van der Waals surface area contributed by atoms with Gasteiger partial charge in [-0.3, -0.25) is 19.8 Å². The molecule has 1 amide bonds. The maximum absolute atomic E-state index is 13.5. The van der Waals surface area contributed by atoms with E-state index >= 15 is 0 Å². The van der Waals surface area contributed by atoms with Crippen molar-refractivity contribution >= 4 is 29.7 Å². The van der Waals surface area contributed by atoms with E-state index in [4.69, 9.17) is 23.7 Å². The number of nitro groups is 1. The summed E-state index contributed by atoms with van der Waals surface area (Å²) in [5.41, 5.74) is -0.196. The third-order valence-corrected chi connectivity index (χ3v) is 6.98. The van der Waals surface area contributed by atoms with E-state index in [1.54, 1.807) is 13.8 Å². The highest BCUT2D eigenvalue weighted by atomic mass is 16.7. The molecule has 0 bridgehead atoms. The Balaban J connectivity index is 2.05. The van der Waals surface area contributed by atoms with Crippen molar-refractivity contribution in [2.24, 2.45) is 5.92 Å². The topological polar surface area (TPSA) is 173 Å². The van der Waals surface area contributed by atoms with Crippen molar-refractivity contribution in [3.8, 4) is 0 Å². The number of nitro benzene ring substituents is 1. The highest BCUT2D eigenvalue weighted by Gasteiger charge is 2.43. The van der Waals surface area contributed by atoms with E-state index in [2.05, 4.69) is 5.32 Å². The average molecular weight is 604 g/mol. The monoisotopic (exact) mass is 603 g/mol. The Bertz CT molecular complexity index is 1300. The Labute approximate surface area is 249 Å². The number of rotatable bonds is 11. The number of nitrogens with one attached hydrogen (secondary N) is 1. The molecule has 1 saturated heterocycles. The number of carbonyl (C=O) groups is 4. The SMILES string of the molecule is COCCOC(=O)C1=C(C)N(C(=O)OCOC(=O)C2CCNCC2)C(C)=C(C(=O)OC(C)C)C1c1cccc([N+](=O)[O-])c1. The number of non-ortho nitro benzene ring substituents is 1. The van der Waals surface area contributed by atoms with Crippen LogP contribution in [0.25, 0.3) is 0 Å². The summed E-state index contributed by atoms with van der Waals surface area (Å²) < 4.78 is 26.3. The number of hydrogen-bond acceptors (Lipinski definition) is 12. The average Bonchev–Trinajstić information content (AvgIpc) is 2.96. The van der Waals surface area contributed by atoms with Gasteiger partial charge in [-0.05, 0) is 59.2 Å². The van der Waals surface area contributed by atoms with Gasteiger partial charge in [0.15, 0.2) is 0 Å². The number of ether oxygens (including phenoxy) is 5. The third-order valence-electron chi connectivity index (χ3n) is 6.98. The van der Waals surface area contributed by atoms with Gasteiger partial charge >= 0.3 is 24.0 Å². The number of piperidine rings is 1. The zero-order chi connectivity index (χ0) is 31.7. The maximum atomic E-state index is 13.5. The van der Waals surface area contributed by atoms with Crippen LogP contribution in [0.1, 0.15) is 52.0 Å². The van der Waals surface area contributed by atoms with E-state index in [0.717, 1.165) is 4.90 Å². The van der Waals surface area contributed by atoms with Gasteiger partial charge in [-0.1, -0.05) is 12.1 Å². The van der Waals surface area contributed by atoms with Crippen LogP contribution in [-0.4, -0.2) is 80.1 Å². The lowest BCUT2D eigenvalue weighted by Crippen LogP contribution is -2.39. The van der Waals surface area contributed by atoms with Crippen molar-refractivity contribution in [1.82, 2.24) is 10.2 Å². The number of nitrogens with zero attached hydrogens (tertiary/aromatic N) is 2. The van der Waals surface area contributed by atoms with Crippen LogP contribution < -0.4 is 5.32 Å². The fourth-order valence-electron chi connectivity index (χ4n) is 4.96. The normalized spacial score (nSPS) is 17.5. The minimum absolute atomic E-state index is 0.0483. The molecule has 1 aromatic rings. The first-order chi connectivity index (χ1) is 20.5. The standard InChI is InChI=1S/C29H37N3O11/c1-17(2)43-28(35)24-19(4)31(29(36)42-16-41-26(33)20-9-11-30-12-10-20)18(3)23(27(34)40-14-13-39-5)25(24)21-7-6-8-22(15-21)32(37)38/h6-8,15,17,20,25,30H,9-14,16H2,1-5H3. The molecule has 0 aliphatic carbocycles. The van der Waals surface area contributed by atoms with Crippen LogP contribution >= 0.6 is 0 Å². The van der Waals surface area contributed by atoms with Crippen molar-refractivity contribution in [3.05, 3.63) is 62.5 Å². The van der Waals surface area contributed by atoms with Crippen LogP contribution in [0.5, 0.6) is 0 Å². The lowest BCUT2D eigenvalue weighted by Gasteiger charge is -2.36. The first-order valence-corrected chi connectivity index (χ1v) is 13.8. The van der Waals surface area contributed by atoms with E-state index in [1.807, 2.05) is 0 Å². The number of allylic oxidation sites excluding steroid dienone is 2. The molecule has 2 aliphatic heterocycles. The molecule has 1 fully saturated rings. The smallest absolute Gasteiger partial charge is 0.421 e.